The summed E-state index contributed by atoms with van der Waals surface area (Å²) in [5.74, 6) is 0.883. The van der Waals surface area contributed by atoms with Gasteiger partial charge in [-0.15, -0.1) is 0 Å². The van der Waals surface area contributed by atoms with Crippen LogP contribution in [-0.2, 0) is 9.53 Å². The molecule has 132 valence electrons. The van der Waals surface area contributed by atoms with Crippen molar-refractivity contribution >= 4 is 17.8 Å². The molecule has 2 amide bonds. The number of piperidine rings is 1. The number of likely N-dealkylation sites (tertiary alicyclic amines) is 1. The summed E-state index contributed by atoms with van der Waals surface area (Å²) in [7, 11) is 0. The number of hydrogen-bond acceptors (Lipinski definition) is 4. The van der Waals surface area contributed by atoms with E-state index in [1.54, 1.807) is 11.1 Å². The molecule has 6 nitrogen and oxygen atoms in total. The van der Waals surface area contributed by atoms with Crippen LogP contribution >= 0.6 is 0 Å². The number of nitrogens with one attached hydrogen (secondary N) is 1. The molecule has 0 aromatic carbocycles. The normalized spacial score (nSPS) is 15.9. The SMILES string of the molecule is Cc1cccnc1NC(=O)CC1CCN(C(=O)OC(C)(C)C)CC1. The molecule has 0 unspecified atom stereocenters. The lowest BCUT2D eigenvalue weighted by Crippen LogP contribution is -2.42. The lowest BCUT2D eigenvalue weighted by atomic mass is 9.93. The fourth-order valence-electron chi connectivity index (χ4n) is 2.71. The van der Waals surface area contributed by atoms with Gasteiger partial charge >= 0.3 is 6.09 Å². The summed E-state index contributed by atoms with van der Waals surface area (Å²) in [5, 5.41) is 2.87. The number of carbonyl (C=O) groups is 2. The van der Waals surface area contributed by atoms with Crippen LogP contribution in [0.4, 0.5) is 10.6 Å². The van der Waals surface area contributed by atoms with E-state index in [2.05, 4.69) is 10.3 Å². The molecule has 1 aromatic heterocycles. The van der Waals surface area contributed by atoms with E-state index in [1.807, 2.05) is 39.8 Å². The number of aromatic nitrogens is 1. The Morgan fingerprint density at radius 1 is 1.33 bits per heavy atom. The third-order valence-corrected chi connectivity index (χ3v) is 4.01. The number of nitrogens with zero attached hydrogens (tertiary/aromatic N) is 2. The van der Waals surface area contributed by atoms with Gasteiger partial charge in [-0.1, -0.05) is 6.07 Å². The van der Waals surface area contributed by atoms with Crippen LogP contribution in [0.25, 0.3) is 0 Å². The first-order chi connectivity index (χ1) is 11.2. The molecule has 0 radical (unpaired) electrons. The molecular formula is C18H27N3O3. The van der Waals surface area contributed by atoms with Gasteiger partial charge in [0, 0.05) is 25.7 Å². The van der Waals surface area contributed by atoms with Crippen molar-refractivity contribution in [3.05, 3.63) is 23.9 Å². The number of hydrogen-bond donors (Lipinski definition) is 1. The topological polar surface area (TPSA) is 71.5 Å². The van der Waals surface area contributed by atoms with E-state index in [1.165, 1.54) is 0 Å². The average Bonchev–Trinajstić information content (AvgIpc) is 2.48. The lowest BCUT2D eigenvalue weighted by molar-refractivity contribution is -0.117. The van der Waals surface area contributed by atoms with Crippen molar-refractivity contribution in [3.8, 4) is 0 Å². The zero-order chi connectivity index (χ0) is 17.7. The molecule has 6 heteroatoms. The quantitative estimate of drug-likeness (QED) is 0.920. The number of amides is 2. The zero-order valence-electron chi connectivity index (χ0n) is 15.0. The Bertz CT molecular complexity index is 587. The lowest BCUT2D eigenvalue weighted by Gasteiger charge is -2.33. The molecule has 1 fully saturated rings. The van der Waals surface area contributed by atoms with Crippen LogP contribution in [0.2, 0.25) is 0 Å². The second-order valence-corrected chi connectivity index (χ2v) is 7.33. The van der Waals surface area contributed by atoms with Crippen molar-refractivity contribution in [1.29, 1.82) is 0 Å². The van der Waals surface area contributed by atoms with Crippen LogP contribution in [-0.4, -0.2) is 40.6 Å². The largest absolute Gasteiger partial charge is 0.444 e. The second kappa shape index (κ2) is 7.64. The Kier molecular flexibility index (Phi) is 5.80. The summed E-state index contributed by atoms with van der Waals surface area (Å²) in [6.45, 7) is 8.78. The van der Waals surface area contributed by atoms with Crippen molar-refractivity contribution < 1.29 is 14.3 Å². The van der Waals surface area contributed by atoms with Gasteiger partial charge in [0.05, 0.1) is 0 Å². The van der Waals surface area contributed by atoms with Gasteiger partial charge in [-0.2, -0.15) is 0 Å². The summed E-state index contributed by atoms with van der Waals surface area (Å²) >= 11 is 0. The molecule has 1 aliphatic heterocycles. The fraction of sp³-hybridized carbons (Fsp3) is 0.611. The first-order valence-electron chi connectivity index (χ1n) is 8.44. The Balaban J connectivity index is 1.77. The molecule has 0 spiro atoms. The number of carbonyl (C=O) groups excluding carboxylic acids is 2. The maximum atomic E-state index is 12.2. The van der Waals surface area contributed by atoms with E-state index in [4.69, 9.17) is 4.74 Å². The Morgan fingerprint density at radius 3 is 2.58 bits per heavy atom. The first kappa shape index (κ1) is 18.2. The Labute approximate surface area is 143 Å². The highest BCUT2D eigenvalue weighted by Crippen LogP contribution is 2.23. The van der Waals surface area contributed by atoms with Crippen LogP contribution in [0.3, 0.4) is 0 Å². The van der Waals surface area contributed by atoms with Crippen molar-refractivity contribution in [1.82, 2.24) is 9.88 Å². The van der Waals surface area contributed by atoms with Crippen molar-refractivity contribution in [3.63, 3.8) is 0 Å². The minimum absolute atomic E-state index is 0.0208. The monoisotopic (exact) mass is 333 g/mol. The van der Waals surface area contributed by atoms with E-state index in [9.17, 15) is 9.59 Å². The summed E-state index contributed by atoms with van der Waals surface area (Å²) in [6, 6.07) is 3.76. The van der Waals surface area contributed by atoms with Gasteiger partial charge in [-0.25, -0.2) is 9.78 Å². The molecule has 0 saturated carbocycles. The van der Waals surface area contributed by atoms with Gasteiger partial charge in [-0.3, -0.25) is 4.79 Å². The molecular weight excluding hydrogens is 306 g/mol. The summed E-state index contributed by atoms with van der Waals surface area (Å²) in [4.78, 5) is 30.1. The van der Waals surface area contributed by atoms with Crippen LogP contribution in [0.5, 0.6) is 0 Å². The Morgan fingerprint density at radius 2 is 2.00 bits per heavy atom. The fourth-order valence-corrected chi connectivity index (χ4v) is 2.71. The highest BCUT2D eigenvalue weighted by Gasteiger charge is 2.27. The van der Waals surface area contributed by atoms with E-state index >= 15 is 0 Å². The minimum Gasteiger partial charge on any atom is -0.444 e. The van der Waals surface area contributed by atoms with Crippen molar-refractivity contribution in [2.45, 2.75) is 52.6 Å². The third-order valence-electron chi connectivity index (χ3n) is 4.01. The Hall–Kier alpha value is -2.11. The minimum atomic E-state index is -0.478. The number of pyridine rings is 1. The van der Waals surface area contributed by atoms with Gasteiger partial charge in [0.1, 0.15) is 11.4 Å². The molecule has 2 rings (SSSR count). The highest BCUT2D eigenvalue weighted by atomic mass is 16.6. The van der Waals surface area contributed by atoms with Crippen LogP contribution in [0, 0.1) is 12.8 Å². The van der Waals surface area contributed by atoms with E-state index < -0.39 is 5.60 Å². The summed E-state index contributed by atoms with van der Waals surface area (Å²) in [6.07, 6.45) is 3.48. The van der Waals surface area contributed by atoms with Crippen molar-refractivity contribution in [2.24, 2.45) is 5.92 Å². The van der Waals surface area contributed by atoms with Crippen LogP contribution < -0.4 is 5.32 Å². The van der Waals surface area contributed by atoms with Crippen LogP contribution in [0.1, 0.15) is 45.6 Å². The first-order valence-corrected chi connectivity index (χ1v) is 8.44. The standard InChI is InChI=1S/C18H27N3O3/c1-13-6-5-9-19-16(13)20-15(22)12-14-7-10-21(11-8-14)17(23)24-18(2,3)4/h5-6,9,14H,7-8,10-12H2,1-4H3,(H,19,20,22). The molecule has 0 aliphatic carbocycles. The molecule has 0 atom stereocenters. The number of aryl methyl sites for hydroxylation is 1. The summed E-state index contributed by atoms with van der Waals surface area (Å²) < 4.78 is 5.39. The average molecular weight is 333 g/mol. The zero-order valence-corrected chi connectivity index (χ0v) is 15.0. The molecule has 2 heterocycles. The third kappa shape index (κ3) is 5.51. The highest BCUT2D eigenvalue weighted by molar-refractivity contribution is 5.90. The molecule has 1 aromatic rings. The van der Waals surface area contributed by atoms with Gasteiger partial charge < -0.3 is 15.0 Å². The van der Waals surface area contributed by atoms with Crippen LogP contribution in [0.15, 0.2) is 18.3 Å². The van der Waals surface area contributed by atoms with Crippen molar-refractivity contribution in [2.75, 3.05) is 18.4 Å². The smallest absolute Gasteiger partial charge is 0.410 e. The number of rotatable bonds is 3. The van der Waals surface area contributed by atoms with Gasteiger partial charge in [0.25, 0.3) is 0 Å². The van der Waals surface area contributed by atoms with E-state index in [0.29, 0.717) is 25.3 Å². The van der Waals surface area contributed by atoms with Gasteiger partial charge in [-0.05, 0) is 58.1 Å². The molecule has 1 N–H and O–H groups in total. The van der Waals surface area contributed by atoms with Gasteiger partial charge in [0.2, 0.25) is 5.91 Å². The maximum Gasteiger partial charge on any atom is 0.410 e. The molecule has 1 saturated heterocycles. The second-order valence-electron chi connectivity index (χ2n) is 7.33. The maximum absolute atomic E-state index is 12.2. The summed E-state index contributed by atoms with van der Waals surface area (Å²) in [5.41, 5.74) is 0.472. The molecule has 1 aliphatic rings. The molecule has 0 bridgehead atoms. The number of ether oxygens (including phenoxy) is 1. The molecule has 24 heavy (non-hydrogen) atoms. The predicted molar refractivity (Wildman–Crippen MR) is 92.8 cm³/mol. The van der Waals surface area contributed by atoms with Gasteiger partial charge in [0.15, 0.2) is 0 Å². The van der Waals surface area contributed by atoms with E-state index in [0.717, 1.165) is 18.4 Å². The number of anilines is 1. The van der Waals surface area contributed by atoms with E-state index in [-0.39, 0.29) is 17.9 Å². The predicted octanol–water partition coefficient (Wildman–Crippen LogP) is 3.37.